The molecular weight excluding hydrogens is 188 g/mol. The van der Waals surface area contributed by atoms with Crippen LogP contribution in [0.15, 0.2) is 12.4 Å². The second-order valence-corrected chi connectivity index (χ2v) is 4.17. The first kappa shape index (κ1) is 10.7. The highest BCUT2D eigenvalue weighted by molar-refractivity contribution is 5.30. The van der Waals surface area contributed by atoms with Gasteiger partial charge in [-0.25, -0.2) is 0 Å². The molecule has 3 nitrogen and oxygen atoms in total. The maximum absolute atomic E-state index is 5.14. The van der Waals surface area contributed by atoms with Gasteiger partial charge in [-0.1, -0.05) is 6.92 Å². The summed E-state index contributed by atoms with van der Waals surface area (Å²) in [4.78, 5) is 0. The number of aryl methyl sites for hydroxylation is 1. The van der Waals surface area contributed by atoms with E-state index in [0.717, 1.165) is 6.54 Å². The molecule has 0 saturated carbocycles. The minimum absolute atomic E-state index is 0.553. The van der Waals surface area contributed by atoms with Crippen LogP contribution in [0.4, 0.5) is 0 Å². The van der Waals surface area contributed by atoms with E-state index < -0.39 is 0 Å². The highest BCUT2D eigenvalue weighted by Crippen LogP contribution is 2.30. The van der Waals surface area contributed by atoms with E-state index in [1.807, 2.05) is 0 Å². The molecule has 1 aromatic heterocycles. The zero-order chi connectivity index (χ0) is 10.7. The van der Waals surface area contributed by atoms with Crippen molar-refractivity contribution in [2.45, 2.75) is 39.0 Å². The predicted octanol–water partition coefficient (Wildman–Crippen LogP) is 2.08. The molecular formula is C12H20N2O. The van der Waals surface area contributed by atoms with Crippen LogP contribution >= 0.6 is 0 Å². The monoisotopic (exact) mass is 208 g/mol. The Morgan fingerprint density at radius 2 is 2.40 bits per heavy atom. The largest absolute Gasteiger partial charge is 0.364 e. The van der Waals surface area contributed by atoms with Gasteiger partial charge in [0.1, 0.15) is 6.73 Å². The number of methoxy groups -OCH3 is 1. The Morgan fingerprint density at radius 1 is 1.53 bits per heavy atom. The van der Waals surface area contributed by atoms with E-state index in [-0.39, 0.29) is 0 Å². The maximum atomic E-state index is 5.14. The van der Waals surface area contributed by atoms with Crippen molar-refractivity contribution >= 4 is 0 Å². The number of fused-ring (bicyclic) bond motifs is 1. The van der Waals surface area contributed by atoms with Crippen LogP contribution in [0.3, 0.4) is 0 Å². The van der Waals surface area contributed by atoms with Crippen LogP contribution in [0.5, 0.6) is 0 Å². The molecule has 0 bridgehead atoms. The first-order chi connectivity index (χ1) is 7.35. The van der Waals surface area contributed by atoms with Gasteiger partial charge in [0.15, 0.2) is 0 Å². The van der Waals surface area contributed by atoms with Crippen molar-refractivity contribution in [1.82, 2.24) is 9.88 Å². The van der Waals surface area contributed by atoms with Crippen molar-refractivity contribution in [3.05, 3.63) is 23.5 Å². The Hall–Kier alpha value is -0.800. The fourth-order valence-corrected chi connectivity index (χ4v) is 2.43. The maximum Gasteiger partial charge on any atom is 0.121 e. The van der Waals surface area contributed by atoms with E-state index >= 15 is 0 Å². The molecule has 84 valence electrons. The quantitative estimate of drug-likeness (QED) is 0.820. The van der Waals surface area contributed by atoms with E-state index in [1.165, 1.54) is 30.4 Å². The lowest BCUT2D eigenvalue weighted by Crippen LogP contribution is -2.23. The summed E-state index contributed by atoms with van der Waals surface area (Å²) in [6.45, 7) is 3.87. The first-order valence-electron chi connectivity index (χ1n) is 5.76. The van der Waals surface area contributed by atoms with Crippen molar-refractivity contribution in [1.29, 1.82) is 0 Å². The summed E-state index contributed by atoms with van der Waals surface area (Å²) in [5.41, 5.74) is 2.96. The Balaban J connectivity index is 2.18. The molecule has 1 unspecified atom stereocenters. The minimum atomic E-state index is 0.553. The van der Waals surface area contributed by atoms with Crippen LogP contribution < -0.4 is 5.32 Å². The number of aromatic nitrogens is 1. The molecule has 1 N–H and O–H groups in total. The number of nitrogens with zero attached hydrogens (tertiary/aromatic N) is 1. The molecule has 0 amide bonds. The van der Waals surface area contributed by atoms with E-state index in [4.69, 9.17) is 4.74 Å². The highest BCUT2D eigenvalue weighted by Gasteiger charge is 2.20. The van der Waals surface area contributed by atoms with Crippen LogP contribution in [0.1, 0.15) is 36.9 Å². The second kappa shape index (κ2) is 4.81. The third-order valence-corrected chi connectivity index (χ3v) is 3.04. The van der Waals surface area contributed by atoms with Crippen molar-refractivity contribution in [3.63, 3.8) is 0 Å². The number of hydrogen-bond acceptors (Lipinski definition) is 2. The van der Waals surface area contributed by atoms with Gasteiger partial charge < -0.3 is 14.6 Å². The summed E-state index contributed by atoms with van der Waals surface area (Å²) in [5.74, 6) is 0. The molecule has 1 atom stereocenters. The zero-order valence-corrected chi connectivity index (χ0v) is 9.62. The topological polar surface area (TPSA) is 26.2 Å². The SMILES string of the molecule is CCNC1CCCc2cn(COC)cc21. The minimum Gasteiger partial charge on any atom is -0.364 e. The summed E-state index contributed by atoms with van der Waals surface area (Å²) < 4.78 is 7.28. The van der Waals surface area contributed by atoms with Gasteiger partial charge in [0, 0.05) is 25.5 Å². The summed E-state index contributed by atoms with van der Waals surface area (Å²) in [6, 6.07) is 0.553. The standard InChI is InChI=1S/C12H20N2O/c1-3-13-12-6-4-5-10-7-14(9-15-2)8-11(10)12/h7-8,12-13H,3-6,9H2,1-2H3. The Labute approximate surface area is 91.4 Å². The number of nitrogens with one attached hydrogen (secondary N) is 1. The molecule has 0 fully saturated rings. The predicted molar refractivity (Wildman–Crippen MR) is 60.8 cm³/mol. The molecule has 0 aromatic carbocycles. The number of ether oxygens (including phenoxy) is 1. The fraction of sp³-hybridized carbons (Fsp3) is 0.667. The molecule has 1 heterocycles. The third-order valence-electron chi connectivity index (χ3n) is 3.04. The molecule has 0 spiro atoms. The Bertz CT molecular complexity index is 319. The average Bonchev–Trinajstić information content (AvgIpc) is 2.62. The van der Waals surface area contributed by atoms with E-state index in [9.17, 15) is 0 Å². The summed E-state index contributed by atoms with van der Waals surface area (Å²) in [5, 5.41) is 3.54. The van der Waals surface area contributed by atoms with Crippen molar-refractivity contribution < 1.29 is 4.74 Å². The van der Waals surface area contributed by atoms with Gasteiger partial charge in [-0.05, 0) is 36.9 Å². The van der Waals surface area contributed by atoms with E-state index in [1.54, 1.807) is 7.11 Å². The summed E-state index contributed by atoms with van der Waals surface area (Å²) >= 11 is 0. The molecule has 1 aliphatic carbocycles. The average molecular weight is 208 g/mol. The van der Waals surface area contributed by atoms with Gasteiger partial charge >= 0.3 is 0 Å². The molecule has 1 aliphatic rings. The van der Waals surface area contributed by atoms with E-state index in [0.29, 0.717) is 12.8 Å². The molecule has 0 radical (unpaired) electrons. The normalized spacial score (nSPS) is 20.3. The second-order valence-electron chi connectivity index (χ2n) is 4.17. The van der Waals surface area contributed by atoms with Crippen molar-refractivity contribution in [2.24, 2.45) is 0 Å². The van der Waals surface area contributed by atoms with Gasteiger partial charge in [0.05, 0.1) is 0 Å². The Morgan fingerprint density at radius 3 is 3.13 bits per heavy atom. The number of hydrogen-bond donors (Lipinski definition) is 1. The molecule has 3 heteroatoms. The van der Waals surface area contributed by atoms with Gasteiger partial charge in [-0.15, -0.1) is 0 Å². The van der Waals surface area contributed by atoms with Crippen LogP contribution in [-0.2, 0) is 17.9 Å². The van der Waals surface area contributed by atoms with Crippen LogP contribution in [0.25, 0.3) is 0 Å². The third kappa shape index (κ3) is 2.24. The van der Waals surface area contributed by atoms with Gasteiger partial charge in [0.25, 0.3) is 0 Å². The van der Waals surface area contributed by atoms with Crippen LogP contribution in [0.2, 0.25) is 0 Å². The Kier molecular flexibility index (Phi) is 3.44. The lowest BCUT2D eigenvalue weighted by molar-refractivity contribution is 0.131. The summed E-state index contributed by atoms with van der Waals surface area (Å²) in [7, 11) is 1.74. The zero-order valence-electron chi connectivity index (χ0n) is 9.62. The lowest BCUT2D eigenvalue weighted by Gasteiger charge is -2.22. The molecule has 0 aliphatic heterocycles. The molecule has 0 saturated heterocycles. The lowest BCUT2D eigenvalue weighted by atomic mass is 9.91. The van der Waals surface area contributed by atoms with E-state index in [2.05, 4.69) is 29.2 Å². The fourth-order valence-electron chi connectivity index (χ4n) is 2.43. The molecule has 2 rings (SSSR count). The number of rotatable bonds is 4. The van der Waals surface area contributed by atoms with Crippen LogP contribution in [-0.4, -0.2) is 18.2 Å². The first-order valence-corrected chi connectivity index (χ1v) is 5.76. The van der Waals surface area contributed by atoms with Crippen molar-refractivity contribution in [3.8, 4) is 0 Å². The smallest absolute Gasteiger partial charge is 0.121 e. The molecule has 15 heavy (non-hydrogen) atoms. The highest BCUT2D eigenvalue weighted by atomic mass is 16.5. The van der Waals surface area contributed by atoms with Crippen molar-refractivity contribution in [2.75, 3.05) is 13.7 Å². The summed E-state index contributed by atoms with van der Waals surface area (Å²) in [6.07, 6.45) is 8.22. The van der Waals surface area contributed by atoms with Crippen LogP contribution in [0, 0.1) is 0 Å². The van der Waals surface area contributed by atoms with Gasteiger partial charge in [-0.2, -0.15) is 0 Å². The van der Waals surface area contributed by atoms with Gasteiger partial charge in [0.2, 0.25) is 0 Å². The molecule has 1 aromatic rings. The van der Waals surface area contributed by atoms with Gasteiger partial charge in [-0.3, -0.25) is 0 Å².